The number of nitrogens with one attached hydrogen (secondary N) is 1. The monoisotopic (exact) mass is 253 g/mol. The van der Waals surface area contributed by atoms with E-state index in [0.29, 0.717) is 25.7 Å². The Balaban J connectivity index is 2.61. The molecule has 1 aromatic rings. The van der Waals surface area contributed by atoms with Gasteiger partial charge in [-0.3, -0.25) is 0 Å². The third-order valence-electron chi connectivity index (χ3n) is 2.35. The van der Waals surface area contributed by atoms with Gasteiger partial charge >= 0.3 is 0 Å². The third kappa shape index (κ3) is 4.55. The summed E-state index contributed by atoms with van der Waals surface area (Å²) in [5, 5.41) is 0. The van der Waals surface area contributed by atoms with E-state index in [1.165, 1.54) is 0 Å². The van der Waals surface area contributed by atoms with Crippen LogP contribution in [0.1, 0.15) is 26.3 Å². The predicted octanol–water partition coefficient (Wildman–Crippen LogP) is 2.77. The van der Waals surface area contributed by atoms with E-state index in [-0.39, 0.29) is 0 Å². The molecule has 0 saturated heterocycles. The fraction of sp³-hybridized carbons (Fsp3) is 0.571. The minimum absolute atomic E-state index is 0.508. The Bertz CT molecular complexity index is 353. The lowest BCUT2D eigenvalue weighted by molar-refractivity contribution is 0.0193. The van der Waals surface area contributed by atoms with Gasteiger partial charge < -0.3 is 14.3 Å². The van der Waals surface area contributed by atoms with Gasteiger partial charge in [0.1, 0.15) is 0 Å². The van der Waals surface area contributed by atoms with Crippen LogP contribution in [0.2, 0.25) is 0 Å². The predicted molar refractivity (Wildman–Crippen MR) is 71.8 cm³/mol. The Morgan fingerprint density at radius 1 is 1.28 bits per heavy atom. The zero-order valence-electron chi connectivity index (χ0n) is 11.7. The van der Waals surface area contributed by atoms with Gasteiger partial charge in [0.15, 0.2) is 11.5 Å². The molecule has 0 aliphatic carbocycles. The van der Waals surface area contributed by atoms with Crippen LogP contribution in [0.4, 0.5) is 0 Å². The Morgan fingerprint density at radius 2 is 2.06 bits per heavy atom. The minimum atomic E-state index is 0.508. The number of methoxy groups -OCH3 is 1. The average molecular weight is 253 g/mol. The Labute approximate surface area is 109 Å². The van der Waals surface area contributed by atoms with Gasteiger partial charge in [0, 0.05) is 12.1 Å². The Kier molecular flexibility index (Phi) is 6.54. The SMILES string of the molecule is CCOc1cccc(CNOCC(C)C)c1OC. The van der Waals surface area contributed by atoms with Crippen LogP contribution in [0, 0.1) is 5.92 Å². The van der Waals surface area contributed by atoms with Crippen LogP contribution in [-0.2, 0) is 11.4 Å². The van der Waals surface area contributed by atoms with E-state index in [1.54, 1.807) is 7.11 Å². The van der Waals surface area contributed by atoms with Gasteiger partial charge in [-0.25, -0.2) is 0 Å². The van der Waals surface area contributed by atoms with E-state index < -0.39 is 0 Å². The fourth-order valence-electron chi connectivity index (χ4n) is 1.56. The van der Waals surface area contributed by atoms with Gasteiger partial charge in [-0.2, -0.15) is 5.48 Å². The minimum Gasteiger partial charge on any atom is -0.493 e. The van der Waals surface area contributed by atoms with Gasteiger partial charge in [0.25, 0.3) is 0 Å². The molecular formula is C14H23NO3. The largest absolute Gasteiger partial charge is 0.493 e. The maximum absolute atomic E-state index is 5.52. The van der Waals surface area contributed by atoms with E-state index in [1.807, 2.05) is 25.1 Å². The number of rotatable bonds is 8. The number of para-hydroxylation sites is 1. The first kappa shape index (κ1) is 14.8. The molecule has 0 atom stereocenters. The van der Waals surface area contributed by atoms with Crippen LogP contribution in [0.15, 0.2) is 18.2 Å². The third-order valence-corrected chi connectivity index (χ3v) is 2.35. The van der Waals surface area contributed by atoms with Crippen molar-refractivity contribution in [3.05, 3.63) is 23.8 Å². The van der Waals surface area contributed by atoms with Crippen molar-refractivity contribution in [3.63, 3.8) is 0 Å². The first-order chi connectivity index (χ1) is 8.69. The molecule has 1 N–H and O–H groups in total. The van der Waals surface area contributed by atoms with Crippen molar-refractivity contribution in [2.24, 2.45) is 5.92 Å². The van der Waals surface area contributed by atoms with Gasteiger partial charge in [-0.05, 0) is 18.9 Å². The molecule has 0 aliphatic rings. The maximum atomic E-state index is 5.52. The molecule has 18 heavy (non-hydrogen) atoms. The zero-order valence-corrected chi connectivity index (χ0v) is 11.7. The number of hydroxylamine groups is 1. The summed E-state index contributed by atoms with van der Waals surface area (Å²) in [7, 11) is 1.65. The van der Waals surface area contributed by atoms with E-state index in [2.05, 4.69) is 19.3 Å². The normalized spacial score (nSPS) is 10.7. The van der Waals surface area contributed by atoms with Crippen molar-refractivity contribution in [1.29, 1.82) is 0 Å². The summed E-state index contributed by atoms with van der Waals surface area (Å²) >= 11 is 0. The van der Waals surface area contributed by atoms with Crippen molar-refractivity contribution in [2.75, 3.05) is 20.3 Å². The number of benzene rings is 1. The smallest absolute Gasteiger partial charge is 0.165 e. The van der Waals surface area contributed by atoms with Crippen LogP contribution < -0.4 is 15.0 Å². The van der Waals surface area contributed by atoms with Crippen molar-refractivity contribution < 1.29 is 14.3 Å². The summed E-state index contributed by atoms with van der Waals surface area (Å²) in [6.07, 6.45) is 0. The Morgan fingerprint density at radius 3 is 2.67 bits per heavy atom. The van der Waals surface area contributed by atoms with Gasteiger partial charge in [-0.15, -0.1) is 0 Å². The highest BCUT2D eigenvalue weighted by Crippen LogP contribution is 2.30. The number of ether oxygens (including phenoxy) is 2. The standard InChI is InChI=1S/C14H23NO3/c1-5-17-13-8-6-7-12(14(13)16-4)9-15-18-10-11(2)3/h6-8,11,15H,5,9-10H2,1-4H3. The molecule has 0 fully saturated rings. The second-order valence-electron chi connectivity index (χ2n) is 4.41. The summed E-state index contributed by atoms with van der Waals surface area (Å²) < 4.78 is 10.9. The first-order valence-corrected chi connectivity index (χ1v) is 6.32. The van der Waals surface area contributed by atoms with Crippen molar-refractivity contribution in [1.82, 2.24) is 5.48 Å². The van der Waals surface area contributed by atoms with Crippen LogP contribution in [0.25, 0.3) is 0 Å². The van der Waals surface area contributed by atoms with Gasteiger partial charge in [0.2, 0.25) is 0 Å². The quantitative estimate of drug-likeness (QED) is 0.571. The molecule has 0 bridgehead atoms. The van der Waals surface area contributed by atoms with Gasteiger partial charge in [0.05, 0.1) is 20.3 Å². The Hall–Kier alpha value is -1.26. The highest BCUT2D eigenvalue weighted by Gasteiger charge is 2.09. The molecule has 0 saturated carbocycles. The van der Waals surface area contributed by atoms with E-state index in [9.17, 15) is 0 Å². The lowest BCUT2D eigenvalue weighted by atomic mass is 10.2. The lowest BCUT2D eigenvalue weighted by Crippen LogP contribution is -2.18. The molecule has 0 spiro atoms. The molecule has 0 aliphatic heterocycles. The van der Waals surface area contributed by atoms with Gasteiger partial charge in [-0.1, -0.05) is 26.0 Å². The highest BCUT2D eigenvalue weighted by atomic mass is 16.6. The van der Waals surface area contributed by atoms with Crippen molar-refractivity contribution in [2.45, 2.75) is 27.3 Å². The van der Waals surface area contributed by atoms with Crippen LogP contribution in [0.5, 0.6) is 11.5 Å². The molecule has 0 unspecified atom stereocenters. The molecule has 0 aromatic heterocycles. The number of hydrogen-bond acceptors (Lipinski definition) is 4. The highest BCUT2D eigenvalue weighted by molar-refractivity contribution is 5.46. The van der Waals surface area contributed by atoms with Crippen LogP contribution in [-0.4, -0.2) is 20.3 Å². The van der Waals surface area contributed by atoms with Crippen LogP contribution >= 0.6 is 0 Å². The molecule has 0 heterocycles. The lowest BCUT2D eigenvalue weighted by Gasteiger charge is -2.14. The summed E-state index contributed by atoms with van der Waals surface area (Å²) in [4.78, 5) is 5.35. The topological polar surface area (TPSA) is 39.7 Å². The summed E-state index contributed by atoms with van der Waals surface area (Å²) in [5.41, 5.74) is 3.96. The summed E-state index contributed by atoms with van der Waals surface area (Å²) in [6, 6.07) is 5.85. The molecule has 1 rings (SSSR count). The van der Waals surface area contributed by atoms with E-state index >= 15 is 0 Å². The molecule has 1 aromatic carbocycles. The maximum Gasteiger partial charge on any atom is 0.165 e. The molecule has 4 heteroatoms. The molecule has 0 amide bonds. The van der Waals surface area contributed by atoms with Crippen molar-refractivity contribution >= 4 is 0 Å². The zero-order chi connectivity index (χ0) is 13.4. The summed E-state index contributed by atoms with van der Waals surface area (Å²) in [6.45, 7) is 8.08. The molecule has 0 radical (unpaired) electrons. The van der Waals surface area contributed by atoms with Crippen molar-refractivity contribution in [3.8, 4) is 11.5 Å². The number of hydrogen-bond donors (Lipinski definition) is 1. The van der Waals surface area contributed by atoms with E-state index in [4.69, 9.17) is 14.3 Å². The fourth-order valence-corrected chi connectivity index (χ4v) is 1.56. The van der Waals surface area contributed by atoms with Crippen LogP contribution in [0.3, 0.4) is 0 Å². The second kappa shape index (κ2) is 7.95. The second-order valence-corrected chi connectivity index (χ2v) is 4.41. The summed E-state index contributed by atoms with van der Waals surface area (Å²) in [5.74, 6) is 2.04. The molecular weight excluding hydrogens is 230 g/mol. The molecule has 4 nitrogen and oxygen atoms in total. The average Bonchev–Trinajstić information content (AvgIpc) is 2.35. The first-order valence-electron chi connectivity index (χ1n) is 6.32. The molecule has 102 valence electrons. The van der Waals surface area contributed by atoms with E-state index in [0.717, 1.165) is 17.1 Å².